The van der Waals surface area contributed by atoms with Crippen molar-refractivity contribution >= 4 is 21.6 Å². The van der Waals surface area contributed by atoms with Crippen molar-refractivity contribution in [2.75, 3.05) is 11.9 Å². The minimum Gasteiger partial charge on any atom is -0.369 e. The second-order valence-electron chi connectivity index (χ2n) is 4.38. The summed E-state index contributed by atoms with van der Waals surface area (Å²) in [6.07, 6.45) is -0.0531. The maximum Gasteiger partial charge on any atom is 0.250 e. The molecule has 1 rings (SSSR count). The highest BCUT2D eigenvalue weighted by atomic mass is 32.2. The van der Waals surface area contributed by atoms with Gasteiger partial charge in [0.05, 0.1) is 11.0 Å². The molecule has 0 aromatic heterocycles. The van der Waals surface area contributed by atoms with E-state index in [-0.39, 0.29) is 23.5 Å². The summed E-state index contributed by atoms with van der Waals surface area (Å²) < 4.78 is 27.9. The highest BCUT2D eigenvalue weighted by molar-refractivity contribution is 7.89. The fraction of sp³-hybridized carbons (Fsp3) is 0.417. The number of hydrogen-bond acceptors (Lipinski definition) is 4. The Bertz CT molecular complexity index is 567. The van der Waals surface area contributed by atoms with Gasteiger partial charge in [0.25, 0.3) is 0 Å². The van der Waals surface area contributed by atoms with Crippen LogP contribution in [0.15, 0.2) is 23.1 Å². The van der Waals surface area contributed by atoms with E-state index in [1.54, 1.807) is 13.0 Å². The van der Waals surface area contributed by atoms with E-state index >= 15 is 0 Å². The van der Waals surface area contributed by atoms with E-state index in [0.29, 0.717) is 11.3 Å². The number of nitrogens with two attached hydrogens (primary N) is 1. The number of carbonyl (C=O) groups is 1. The van der Waals surface area contributed by atoms with Gasteiger partial charge in [0.2, 0.25) is 15.9 Å². The number of nitrogens with one attached hydrogen (secondary N) is 1. The van der Waals surface area contributed by atoms with E-state index in [1.165, 1.54) is 12.1 Å². The number of hydrogen-bond donors (Lipinski definition) is 2. The van der Waals surface area contributed by atoms with Crippen LogP contribution in [-0.4, -0.2) is 27.0 Å². The molecule has 0 unspecified atom stereocenters. The molecule has 0 spiro atoms. The standard InChI is InChI=1S/C12H18N2O4S/c1-8(2)18-7-12(15)14-10-5-4-6-11(9(10)3)19(13,16)17/h4-6,8H,7H2,1-3H3,(H,14,15)(H2,13,16,17). The van der Waals surface area contributed by atoms with Crippen molar-refractivity contribution in [1.29, 1.82) is 0 Å². The molecule has 0 aliphatic rings. The molecule has 1 aromatic carbocycles. The van der Waals surface area contributed by atoms with Crippen molar-refractivity contribution in [2.24, 2.45) is 5.14 Å². The Labute approximate surface area is 113 Å². The molecule has 0 saturated heterocycles. The van der Waals surface area contributed by atoms with Crippen molar-refractivity contribution in [2.45, 2.75) is 31.8 Å². The Hall–Kier alpha value is -1.44. The van der Waals surface area contributed by atoms with E-state index in [1.807, 2.05) is 13.8 Å². The zero-order chi connectivity index (χ0) is 14.6. The Morgan fingerprint density at radius 2 is 2.05 bits per heavy atom. The molecule has 1 aromatic rings. The number of amides is 1. The van der Waals surface area contributed by atoms with E-state index in [4.69, 9.17) is 9.88 Å². The fourth-order valence-corrected chi connectivity index (χ4v) is 2.29. The molecule has 3 N–H and O–H groups in total. The number of carbonyl (C=O) groups excluding carboxylic acids is 1. The number of sulfonamides is 1. The lowest BCUT2D eigenvalue weighted by molar-refractivity contribution is -0.121. The van der Waals surface area contributed by atoms with Gasteiger partial charge in [0.1, 0.15) is 6.61 Å². The van der Waals surface area contributed by atoms with E-state index in [9.17, 15) is 13.2 Å². The van der Waals surface area contributed by atoms with Crippen molar-refractivity contribution < 1.29 is 17.9 Å². The molecular weight excluding hydrogens is 268 g/mol. The maximum absolute atomic E-state index is 11.6. The minimum atomic E-state index is -3.80. The summed E-state index contributed by atoms with van der Waals surface area (Å²) in [6, 6.07) is 4.52. The Morgan fingerprint density at radius 3 is 2.58 bits per heavy atom. The topological polar surface area (TPSA) is 98.5 Å². The van der Waals surface area contributed by atoms with Crippen LogP contribution in [0.5, 0.6) is 0 Å². The van der Waals surface area contributed by atoms with Crippen LogP contribution in [0, 0.1) is 6.92 Å². The summed E-state index contributed by atoms with van der Waals surface area (Å²) in [4.78, 5) is 11.6. The summed E-state index contributed by atoms with van der Waals surface area (Å²) in [5.41, 5.74) is 0.812. The van der Waals surface area contributed by atoms with Crippen LogP contribution in [0.4, 0.5) is 5.69 Å². The SMILES string of the molecule is Cc1c(NC(=O)COC(C)C)cccc1S(N)(=O)=O. The average Bonchev–Trinajstić information content (AvgIpc) is 2.27. The summed E-state index contributed by atoms with van der Waals surface area (Å²) in [5, 5.41) is 7.68. The van der Waals surface area contributed by atoms with Crippen LogP contribution >= 0.6 is 0 Å². The monoisotopic (exact) mass is 286 g/mol. The van der Waals surface area contributed by atoms with Crippen molar-refractivity contribution in [3.05, 3.63) is 23.8 Å². The van der Waals surface area contributed by atoms with Gasteiger partial charge in [-0.1, -0.05) is 6.07 Å². The van der Waals surface area contributed by atoms with Crippen LogP contribution in [0.3, 0.4) is 0 Å². The Balaban J connectivity index is 2.89. The molecule has 106 valence electrons. The lowest BCUT2D eigenvalue weighted by atomic mass is 10.2. The van der Waals surface area contributed by atoms with Gasteiger partial charge in [-0.25, -0.2) is 13.6 Å². The van der Waals surface area contributed by atoms with E-state index in [0.717, 1.165) is 0 Å². The predicted molar refractivity (Wildman–Crippen MR) is 72.3 cm³/mol. The first-order chi connectivity index (χ1) is 8.71. The molecule has 19 heavy (non-hydrogen) atoms. The summed E-state index contributed by atoms with van der Waals surface area (Å²) in [7, 11) is -3.80. The predicted octanol–water partition coefficient (Wildman–Crippen LogP) is 1.01. The third-order valence-electron chi connectivity index (χ3n) is 2.41. The smallest absolute Gasteiger partial charge is 0.250 e. The molecule has 0 bridgehead atoms. The third-order valence-corrected chi connectivity index (χ3v) is 3.47. The first-order valence-corrected chi connectivity index (χ1v) is 7.30. The van der Waals surface area contributed by atoms with Gasteiger partial charge in [-0.15, -0.1) is 0 Å². The van der Waals surface area contributed by atoms with Crippen LogP contribution in [0.2, 0.25) is 0 Å². The Morgan fingerprint density at radius 1 is 1.42 bits per heavy atom. The number of primary sulfonamides is 1. The van der Waals surface area contributed by atoms with Crippen molar-refractivity contribution in [1.82, 2.24) is 0 Å². The molecule has 6 nitrogen and oxygen atoms in total. The number of rotatable bonds is 5. The highest BCUT2D eigenvalue weighted by Gasteiger charge is 2.15. The molecule has 0 heterocycles. The summed E-state index contributed by atoms with van der Waals surface area (Å²) in [5.74, 6) is -0.344. The normalized spacial score (nSPS) is 11.6. The largest absolute Gasteiger partial charge is 0.369 e. The first-order valence-electron chi connectivity index (χ1n) is 5.75. The number of ether oxygens (including phenoxy) is 1. The molecular formula is C12H18N2O4S. The molecule has 7 heteroatoms. The van der Waals surface area contributed by atoms with Gasteiger partial charge in [-0.3, -0.25) is 4.79 Å². The number of benzene rings is 1. The molecule has 0 fully saturated rings. The van der Waals surface area contributed by atoms with Crippen molar-refractivity contribution in [3.8, 4) is 0 Å². The molecule has 0 aliphatic heterocycles. The van der Waals surface area contributed by atoms with E-state index in [2.05, 4.69) is 5.32 Å². The summed E-state index contributed by atoms with van der Waals surface area (Å²) >= 11 is 0. The average molecular weight is 286 g/mol. The van der Waals surface area contributed by atoms with Crippen LogP contribution < -0.4 is 10.5 Å². The lowest BCUT2D eigenvalue weighted by Crippen LogP contribution is -2.22. The fourth-order valence-electron chi connectivity index (χ4n) is 1.49. The second kappa shape index (κ2) is 6.14. The third kappa shape index (κ3) is 4.62. The van der Waals surface area contributed by atoms with Gasteiger partial charge in [-0.05, 0) is 38.5 Å². The highest BCUT2D eigenvalue weighted by Crippen LogP contribution is 2.21. The van der Waals surface area contributed by atoms with Gasteiger partial charge < -0.3 is 10.1 Å². The Kier molecular flexibility index (Phi) is 5.04. The number of anilines is 1. The van der Waals surface area contributed by atoms with Gasteiger partial charge in [0, 0.05) is 5.69 Å². The first kappa shape index (κ1) is 15.6. The van der Waals surface area contributed by atoms with Gasteiger partial charge in [-0.2, -0.15) is 0 Å². The molecule has 0 saturated carbocycles. The van der Waals surface area contributed by atoms with Crippen molar-refractivity contribution in [3.63, 3.8) is 0 Å². The quantitative estimate of drug-likeness (QED) is 0.843. The lowest BCUT2D eigenvalue weighted by Gasteiger charge is -2.12. The van der Waals surface area contributed by atoms with E-state index < -0.39 is 10.0 Å². The minimum absolute atomic E-state index is 0.00456. The zero-order valence-electron chi connectivity index (χ0n) is 11.1. The van der Waals surface area contributed by atoms with Crippen LogP contribution in [-0.2, 0) is 19.6 Å². The molecule has 0 aliphatic carbocycles. The molecule has 1 amide bonds. The zero-order valence-corrected chi connectivity index (χ0v) is 12.0. The maximum atomic E-state index is 11.6. The molecule has 0 radical (unpaired) electrons. The summed E-state index contributed by atoms with van der Waals surface area (Å²) in [6.45, 7) is 5.13. The van der Waals surface area contributed by atoms with Crippen LogP contribution in [0.1, 0.15) is 19.4 Å². The second-order valence-corrected chi connectivity index (χ2v) is 5.91. The van der Waals surface area contributed by atoms with Gasteiger partial charge >= 0.3 is 0 Å². The van der Waals surface area contributed by atoms with Gasteiger partial charge in [0.15, 0.2) is 0 Å². The van der Waals surface area contributed by atoms with Crippen LogP contribution in [0.25, 0.3) is 0 Å². The molecule has 0 atom stereocenters.